The molecule has 0 aliphatic carbocycles. The minimum Gasteiger partial charge on any atom is -0.457 e. The highest BCUT2D eigenvalue weighted by atomic mass is 19.1. The van der Waals surface area contributed by atoms with Crippen molar-refractivity contribution in [3.8, 4) is 22.9 Å². The van der Waals surface area contributed by atoms with E-state index in [9.17, 15) is 4.39 Å². The van der Waals surface area contributed by atoms with E-state index in [1.54, 1.807) is 6.92 Å². The number of hydrogen-bond acceptors (Lipinski definition) is 3. The number of benzene rings is 2. The van der Waals surface area contributed by atoms with Gasteiger partial charge in [-0.25, -0.2) is 14.4 Å². The highest BCUT2D eigenvalue weighted by Crippen LogP contribution is 2.24. The lowest BCUT2D eigenvalue weighted by Crippen LogP contribution is -1.96. The molecule has 3 rings (SSSR count). The first kappa shape index (κ1) is 17.1. The third-order valence-corrected chi connectivity index (χ3v) is 3.86. The normalized spacial score (nSPS) is 11.9. The van der Waals surface area contributed by atoms with Crippen molar-refractivity contribution in [1.29, 1.82) is 0 Å². The first-order chi connectivity index (χ1) is 12.2. The van der Waals surface area contributed by atoms with E-state index < -0.39 is 6.17 Å². The number of hydrogen-bond donors (Lipinski definition) is 0. The van der Waals surface area contributed by atoms with Crippen molar-refractivity contribution >= 4 is 0 Å². The van der Waals surface area contributed by atoms with Crippen molar-refractivity contribution in [1.82, 2.24) is 9.97 Å². The Morgan fingerprint density at radius 1 is 0.920 bits per heavy atom. The summed E-state index contributed by atoms with van der Waals surface area (Å²) in [6.45, 7) is 1.59. The first-order valence-corrected chi connectivity index (χ1v) is 8.49. The minimum atomic E-state index is -0.753. The van der Waals surface area contributed by atoms with Gasteiger partial charge < -0.3 is 4.74 Å². The molecule has 1 aromatic heterocycles. The molecule has 0 aliphatic heterocycles. The maximum Gasteiger partial charge on any atom is 0.159 e. The van der Waals surface area contributed by atoms with Gasteiger partial charge in [0.1, 0.15) is 11.5 Å². The number of para-hydroxylation sites is 1. The summed E-state index contributed by atoms with van der Waals surface area (Å²) >= 11 is 0. The summed E-state index contributed by atoms with van der Waals surface area (Å²) in [6.07, 6.45) is 5.07. The van der Waals surface area contributed by atoms with Crippen LogP contribution >= 0.6 is 0 Å². The van der Waals surface area contributed by atoms with Crippen molar-refractivity contribution in [2.75, 3.05) is 0 Å². The van der Waals surface area contributed by atoms with Crippen molar-refractivity contribution in [3.63, 3.8) is 0 Å². The molecule has 0 radical (unpaired) electrons. The number of halogens is 1. The molecule has 0 saturated carbocycles. The molecule has 1 unspecified atom stereocenters. The van der Waals surface area contributed by atoms with E-state index in [0.29, 0.717) is 12.2 Å². The van der Waals surface area contributed by atoms with E-state index in [4.69, 9.17) is 4.74 Å². The number of ether oxygens (including phenoxy) is 1. The maximum atomic E-state index is 12.8. The summed E-state index contributed by atoms with van der Waals surface area (Å²) in [5, 5.41) is 0. The second kappa shape index (κ2) is 8.38. The van der Waals surface area contributed by atoms with Crippen LogP contribution in [0.4, 0.5) is 4.39 Å². The summed E-state index contributed by atoms with van der Waals surface area (Å²) in [4.78, 5) is 8.83. The Bertz CT molecular complexity index is 771. The summed E-state index contributed by atoms with van der Waals surface area (Å²) in [7, 11) is 0. The lowest BCUT2D eigenvalue weighted by Gasteiger charge is -2.07. The number of nitrogens with zero attached hydrogens (tertiary/aromatic N) is 2. The molecule has 0 N–H and O–H groups in total. The van der Waals surface area contributed by atoms with Crippen LogP contribution in [0, 0.1) is 0 Å². The van der Waals surface area contributed by atoms with Crippen LogP contribution < -0.4 is 4.74 Å². The Balaban J connectivity index is 1.62. The number of aryl methyl sites for hydroxylation is 1. The molecule has 4 heteroatoms. The van der Waals surface area contributed by atoms with Crippen LogP contribution in [-0.4, -0.2) is 16.1 Å². The van der Waals surface area contributed by atoms with E-state index in [2.05, 4.69) is 9.97 Å². The molecule has 1 heterocycles. The van der Waals surface area contributed by atoms with Gasteiger partial charge in [-0.05, 0) is 68.1 Å². The minimum absolute atomic E-state index is 0.574. The van der Waals surface area contributed by atoms with Gasteiger partial charge >= 0.3 is 0 Å². The standard InChI is InChI=1S/C21H21FN2O/c1-16(22)6-5-7-17-14-23-21(24-15-17)18-10-12-20(13-11-18)25-19-8-3-2-4-9-19/h2-4,8-16H,5-7H2,1H3. The molecule has 0 aliphatic rings. The Labute approximate surface area is 147 Å². The van der Waals surface area contributed by atoms with Gasteiger partial charge in [-0.1, -0.05) is 18.2 Å². The molecular weight excluding hydrogens is 315 g/mol. The zero-order valence-corrected chi connectivity index (χ0v) is 14.2. The van der Waals surface area contributed by atoms with Crippen molar-refractivity contribution in [3.05, 3.63) is 72.6 Å². The molecule has 3 aromatic rings. The Kier molecular flexibility index (Phi) is 5.73. The third kappa shape index (κ3) is 5.11. The average Bonchev–Trinajstić information content (AvgIpc) is 2.64. The third-order valence-electron chi connectivity index (χ3n) is 3.86. The molecule has 128 valence electrons. The molecule has 0 fully saturated rings. The second-order valence-corrected chi connectivity index (χ2v) is 6.03. The number of rotatable bonds is 7. The van der Waals surface area contributed by atoms with Gasteiger partial charge in [0.2, 0.25) is 0 Å². The predicted molar refractivity (Wildman–Crippen MR) is 97.5 cm³/mol. The van der Waals surface area contributed by atoms with E-state index in [1.165, 1.54) is 0 Å². The predicted octanol–water partition coefficient (Wildman–Crippen LogP) is 5.62. The fourth-order valence-corrected chi connectivity index (χ4v) is 2.52. The summed E-state index contributed by atoms with van der Waals surface area (Å²) in [5.74, 6) is 2.25. The van der Waals surface area contributed by atoms with Gasteiger partial charge in [0.05, 0.1) is 6.17 Å². The molecule has 0 bridgehead atoms. The van der Waals surface area contributed by atoms with E-state index in [0.717, 1.165) is 35.5 Å². The van der Waals surface area contributed by atoms with Crippen LogP contribution in [0.25, 0.3) is 11.4 Å². The largest absolute Gasteiger partial charge is 0.457 e. The average molecular weight is 336 g/mol. The lowest BCUT2D eigenvalue weighted by atomic mass is 10.1. The van der Waals surface area contributed by atoms with E-state index in [-0.39, 0.29) is 0 Å². The molecule has 25 heavy (non-hydrogen) atoms. The van der Waals surface area contributed by atoms with Crippen LogP contribution in [0.1, 0.15) is 25.3 Å². The van der Waals surface area contributed by atoms with Crippen molar-refractivity contribution in [2.24, 2.45) is 0 Å². The fourth-order valence-electron chi connectivity index (χ4n) is 2.52. The Hall–Kier alpha value is -2.75. The maximum absolute atomic E-state index is 12.8. The monoisotopic (exact) mass is 336 g/mol. The van der Waals surface area contributed by atoms with Gasteiger partial charge in [-0.2, -0.15) is 0 Å². The smallest absolute Gasteiger partial charge is 0.159 e. The quantitative estimate of drug-likeness (QED) is 0.562. The molecule has 0 spiro atoms. The lowest BCUT2D eigenvalue weighted by molar-refractivity contribution is 0.334. The van der Waals surface area contributed by atoms with Crippen molar-refractivity contribution in [2.45, 2.75) is 32.4 Å². The Morgan fingerprint density at radius 3 is 2.20 bits per heavy atom. The molecule has 1 atom stereocenters. The second-order valence-electron chi connectivity index (χ2n) is 6.03. The highest BCUT2D eigenvalue weighted by molar-refractivity contribution is 5.56. The van der Waals surface area contributed by atoms with Crippen LogP contribution in [0.3, 0.4) is 0 Å². The van der Waals surface area contributed by atoms with Gasteiger partial charge in [-0.3, -0.25) is 0 Å². The van der Waals surface area contributed by atoms with Crippen LogP contribution in [-0.2, 0) is 6.42 Å². The van der Waals surface area contributed by atoms with Crippen molar-refractivity contribution < 1.29 is 9.13 Å². The van der Waals surface area contributed by atoms with Gasteiger partial charge in [-0.15, -0.1) is 0 Å². The van der Waals surface area contributed by atoms with E-state index >= 15 is 0 Å². The van der Waals surface area contributed by atoms with Crippen LogP contribution in [0.15, 0.2) is 67.0 Å². The topological polar surface area (TPSA) is 35.0 Å². The molecule has 3 nitrogen and oxygen atoms in total. The molecular formula is C21H21FN2O. The number of alkyl halides is 1. The first-order valence-electron chi connectivity index (χ1n) is 8.49. The van der Waals surface area contributed by atoms with Gasteiger partial charge in [0, 0.05) is 18.0 Å². The zero-order valence-electron chi connectivity index (χ0n) is 14.2. The zero-order chi connectivity index (χ0) is 17.5. The molecule has 0 amide bonds. The van der Waals surface area contributed by atoms with Gasteiger partial charge in [0.15, 0.2) is 5.82 Å². The van der Waals surface area contributed by atoms with Gasteiger partial charge in [0.25, 0.3) is 0 Å². The van der Waals surface area contributed by atoms with E-state index in [1.807, 2.05) is 67.0 Å². The molecule has 0 saturated heterocycles. The van der Waals surface area contributed by atoms with Crippen LogP contribution in [0.2, 0.25) is 0 Å². The Morgan fingerprint density at radius 2 is 1.56 bits per heavy atom. The number of aromatic nitrogens is 2. The summed E-state index contributed by atoms with van der Waals surface area (Å²) < 4.78 is 18.6. The highest BCUT2D eigenvalue weighted by Gasteiger charge is 2.04. The summed E-state index contributed by atoms with van der Waals surface area (Å²) in [5.41, 5.74) is 1.97. The molecule has 2 aromatic carbocycles. The SMILES string of the molecule is CC(F)CCCc1cnc(-c2ccc(Oc3ccccc3)cc2)nc1. The summed E-state index contributed by atoms with van der Waals surface area (Å²) in [6, 6.07) is 17.4. The van der Waals surface area contributed by atoms with Crippen LogP contribution in [0.5, 0.6) is 11.5 Å². The fraction of sp³-hybridized carbons (Fsp3) is 0.238.